The van der Waals surface area contributed by atoms with E-state index >= 15 is 0 Å². The van der Waals surface area contributed by atoms with E-state index in [1.807, 2.05) is 44.2 Å². The summed E-state index contributed by atoms with van der Waals surface area (Å²) in [6.07, 6.45) is 0. The number of thiazole rings is 1. The van der Waals surface area contributed by atoms with E-state index in [9.17, 15) is 4.79 Å². The number of hydrogen-bond acceptors (Lipinski definition) is 5. The van der Waals surface area contributed by atoms with Crippen molar-refractivity contribution >= 4 is 40.3 Å². The van der Waals surface area contributed by atoms with Crippen LogP contribution in [0, 0.1) is 6.92 Å². The minimum Gasteiger partial charge on any atom is -0.350 e. The lowest BCUT2D eigenvalue weighted by Gasteiger charge is -2.11. The molecule has 1 N–H and O–H groups in total. The first-order chi connectivity index (χ1) is 11.6. The van der Waals surface area contributed by atoms with Gasteiger partial charge in [0, 0.05) is 15.2 Å². The third kappa shape index (κ3) is 4.47. The highest BCUT2D eigenvalue weighted by Gasteiger charge is 2.14. The predicted molar refractivity (Wildman–Crippen MR) is 104 cm³/mol. The Balaban J connectivity index is 1.53. The van der Waals surface area contributed by atoms with Gasteiger partial charge in [0.05, 0.1) is 27.4 Å². The summed E-state index contributed by atoms with van der Waals surface area (Å²) >= 11 is 4.91. The molecule has 3 rings (SSSR count). The number of hydrogen-bond donors (Lipinski definition) is 1. The molecule has 0 aliphatic rings. The zero-order valence-electron chi connectivity index (χ0n) is 13.5. The van der Waals surface area contributed by atoms with Crippen LogP contribution in [0.3, 0.4) is 0 Å². The highest BCUT2D eigenvalue weighted by molar-refractivity contribution is 8.00. The first-order valence-electron chi connectivity index (χ1n) is 7.62. The van der Waals surface area contributed by atoms with Crippen molar-refractivity contribution in [1.82, 2.24) is 10.3 Å². The second-order valence-electron chi connectivity index (χ2n) is 5.31. The van der Waals surface area contributed by atoms with Crippen LogP contribution in [0.4, 0.5) is 0 Å². The molecule has 0 aliphatic carbocycles. The zero-order chi connectivity index (χ0) is 16.9. The summed E-state index contributed by atoms with van der Waals surface area (Å²) in [4.78, 5) is 20.2. The Hall–Kier alpha value is -1.63. The standard InChI is InChI=1S/C18H18N2OS3/c1-12(23-14-6-4-3-5-7-14)18(21)19-10-15-8-9-17(24-15)16-11-22-13(2)20-16/h3-9,11-12H,10H2,1-2H3,(H,19,21)/t12-/m0/s1. The van der Waals surface area contributed by atoms with Crippen LogP contribution < -0.4 is 5.32 Å². The molecule has 0 unspecified atom stereocenters. The van der Waals surface area contributed by atoms with Crippen molar-refractivity contribution in [3.8, 4) is 10.6 Å². The van der Waals surface area contributed by atoms with Crippen LogP contribution in [0.5, 0.6) is 0 Å². The predicted octanol–water partition coefficient (Wildman–Crippen LogP) is 4.98. The van der Waals surface area contributed by atoms with Gasteiger partial charge in [-0.3, -0.25) is 4.79 Å². The van der Waals surface area contributed by atoms with Gasteiger partial charge in [-0.1, -0.05) is 18.2 Å². The van der Waals surface area contributed by atoms with Gasteiger partial charge < -0.3 is 5.32 Å². The van der Waals surface area contributed by atoms with Crippen molar-refractivity contribution in [2.45, 2.75) is 30.5 Å². The fourth-order valence-corrected chi connectivity index (χ4v) is 4.67. The van der Waals surface area contributed by atoms with Gasteiger partial charge in [-0.25, -0.2) is 4.98 Å². The summed E-state index contributed by atoms with van der Waals surface area (Å²) in [6.45, 7) is 4.51. The maximum atomic E-state index is 12.3. The van der Waals surface area contributed by atoms with Crippen LogP contribution in [-0.2, 0) is 11.3 Å². The van der Waals surface area contributed by atoms with Gasteiger partial charge in [0.25, 0.3) is 0 Å². The molecule has 0 aliphatic heterocycles. The third-order valence-electron chi connectivity index (χ3n) is 3.40. The Kier molecular flexibility index (Phi) is 5.71. The number of benzene rings is 1. The molecule has 0 radical (unpaired) electrons. The minimum atomic E-state index is -0.118. The molecule has 0 saturated carbocycles. The molecular weight excluding hydrogens is 356 g/mol. The van der Waals surface area contributed by atoms with E-state index in [0.29, 0.717) is 6.54 Å². The lowest BCUT2D eigenvalue weighted by molar-refractivity contribution is -0.120. The molecule has 3 aromatic rings. The van der Waals surface area contributed by atoms with Crippen LogP contribution in [0.25, 0.3) is 10.6 Å². The van der Waals surface area contributed by atoms with E-state index in [1.54, 1.807) is 34.4 Å². The number of carbonyl (C=O) groups excluding carboxylic acids is 1. The Morgan fingerprint density at radius 2 is 2.04 bits per heavy atom. The molecule has 0 saturated heterocycles. The quantitative estimate of drug-likeness (QED) is 0.619. The fourth-order valence-electron chi connectivity index (χ4n) is 2.16. The Bertz CT molecular complexity index is 811. The number of thioether (sulfide) groups is 1. The molecule has 1 atom stereocenters. The fraction of sp³-hybridized carbons (Fsp3) is 0.222. The average Bonchev–Trinajstić information content (AvgIpc) is 3.22. The summed E-state index contributed by atoms with van der Waals surface area (Å²) in [5, 5.41) is 6.05. The average molecular weight is 375 g/mol. The Labute approximate surface area is 154 Å². The number of thiophene rings is 1. The first-order valence-corrected chi connectivity index (χ1v) is 10.2. The molecule has 0 bridgehead atoms. The van der Waals surface area contributed by atoms with Gasteiger partial charge >= 0.3 is 0 Å². The van der Waals surface area contributed by atoms with Crippen LogP contribution in [-0.4, -0.2) is 16.1 Å². The summed E-state index contributed by atoms with van der Waals surface area (Å²) in [5.74, 6) is 0.0586. The molecule has 1 aromatic carbocycles. The van der Waals surface area contributed by atoms with E-state index < -0.39 is 0 Å². The molecule has 24 heavy (non-hydrogen) atoms. The smallest absolute Gasteiger partial charge is 0.233 e. The van der Waals surface area contributed by atoms with Crippen molar-refractivity contribution in [2.24, 2.45) is 0 Å². The second kappa shape index (κ2) is 7.96. The molecule has 0 spiro atoms. The van der Waals surface area contributed by atoms with Crippen molar-refractivity contribution in [2.75, 3.05) is 0 Å². The van der Waals surface area contributed by atoms with E-state index in [4.69, 9.17) is 0 Å². The van der Waals surface area contributed by atoms with Crippen LogP contribution in [0.1, 0.15) is 16.8 Å². The largest absolute Gasteiger partial charge is 0.350 e. The van der Waals surface area contributed by atoms with E-state index in [0.717, 1.165) is 25.4 Å². The second-order valence-corrected chi connectivity index (χ2v) is 8.95. The molecular formula is C18H18N2OS3. The molecule has 124 valence electrons. The molecule has 1 amide bonds. The summed E-state index contributed by atoms with van der Waals surface area (Å²) in [6, 6.07) is 14.1. The maximum absolute atomic E-state index is 12.3. The van der Waals surface area contributed by atoms with Gasteiger partial charge in [-0.2, -0.15) is 0 Å². The van der Waals surface area contributed by atoms with Crippen molar-refractivity contribution in [3.63, 3.8) is 0 Å². The minimum absolute atomic E-state index is 0.0586. The number of carbonyl (C=O) groups is 1. The molecule has 0 fully saturated rings. The zero-order valence-corrected chi connectivity index (χ0v) is 15.9. The number of rotatable bonds is 6. The van der Waals surface area contributed by atoms with Crippen molar-refractivity contribution in [3.05, 3.63) is 57.7 Å². The van der Waals surface area contributed by atoms with E-state index in [1.165, 1.54) is 0 Å². The molecule has 3 nitrogen and oxygen atoms in total. The summed E-state index contributed by atoms with van der Waals surface area (Å²) < 4.78 is 0. The molecule has 6 heteroatoms. The van der Waals surface area contributed by atoms with E-state index in [-0.39, 0.29) is 11.2 Å². The van der Waals surface area contributed by atoms with Gasteiger partial charge in [-0.15, -0.1) is 34.4 Å². The van der Waals surface area contributed by atoms with E-state index in [2.05, 4.69) is 27.8 Å². The highest BCUT2D eigenvalue weighted by Crippen LogP contribution is 2.29. The normalized spacial score (nSPS) is 12.1. The number of nitrogens with one attached hydrogen (secondary N) is 1. The first kappa shape index (κ1) is 17.2. The van der Waals surface area contributed by atoms with Gasteiger partial charge in [0.1, 0.15) is 0 Å². The SMILES string of the molecule is Cc1nc(-c2ccc(CNC(=O)[C@H](C)Sc3ccccc3)s2)cs1. The lowest BCUT2D eigenvalue weighted by atomic mass is 10.3. The van der Waals surface area contributed by atoms with Crippen LogP contribution in [0.2, 0.25) is 0 Å². The van der Waals surface area contributed by atoms with Gasteiger partial charge in [0.2, 0.25) is 5.91 Å². The van der Waals surface area contributed by atoms with Crippen molar-refractivity contribution < 1.29 is 4.79 Å². The van der Waals surface area contributed by atoms with Gasteiger partial charge in [0.15, 0.2) is 0 Å². The number of aryl methyl sites for hydroxylation is 1. The summed E-state index contributed by atoms with van der Waals surface area (Å²) in [7, 11) is 0. The molecule has 2 aromatic heterocycles. The lowest BCUT2D eigenvalue weighted by Crippen LogP contribution is -2.30. The Morgan fingerprint density at radius 1 is 1.25 bits per heavy atom. The number of nitrogens with zero attached hydrogens (tertiary/aromatic N) is 1. The van der Waals surface area contributed by atoms with Crippen LogP contribution >= 0.6 is 34.4 Å². The maximum Gasteiger partial charge on any atom is 0.233 e. The van der Waals surface area contributed by atoms with Gasteiger partial charge in [-0.05, 0) is 38.1 Å². The Morgan fingerprint density at radius 3 is 2.75 bits per heavy atom. The number of amides is 1. The molecule has 2 heterocycles. The van der Waals surface area contributed by atoms with Crippen LogP contribution in [0.15, 0.2) is 52.7 Å². The van der Waals surface area contributed by atoms with Crippen molar-refractivity contribution in [1.29, 1.82) is 0 Å². The monoisotopic (exact) mass is 374 g/mol. The topological polar surface area (TPSA) is 42.0 Å². The highest BCUT2D eigenvalue weighted by atomic mass is 32.2. The number of aromatic nitrogens is 1. The third-order valence-corrected chi connectivity index (χ3v) is 6.39. The summed E-state index contributed by atoms with van der Waals surface area (Å²) in [5.41, 5.74) is 1.02.